The van der Waals surface area contributed by atoms with Crippen molar-refractivity contribution in [2.45, 2.75) is 39.7 Å². The molecule has 19 heavy (non-hydrogen) atoms. The van der Waals surface area contributed by atoms with Gasteiger partial charge in [0.25, 0.3) is 0 Å². The SMILES string of the molecule is CCC(CC)C(O)CNc1ccc(C(C)=O)c(N)c1. The number of anilines is 2. The molecule has 0 aliphatic rings. The number of hydrogen-bond donors (Lipinski definition) is 3. The molecule has 0 saturated carbocycles. The number of nitrogen functional groups attached to an aromatic ring is 1. The van der Waals surface area contributed by atoms with Crippen LogP contribution in [0.3, 0.4) is 0 Å². The lowest BCUT2D eigenvalue weighted by atomic mass is 9.96. The third-order valence-corrected chi connectivity index (χ3v) is 3.54. The topological polar surface area (TPSA) is 75.3 Å². The lowest BCUT2D eigenvalue weighted by Crippen LogP contribution is -2.27. The van der Waals surface area contributed by atoms with Gasteiger partial charge in [0.1, 0.15) is 0 Å². The summed E-state index contributed by atoms with van der Waals surface area (Å²) in [6.45, 7) is 6.15. The molecule has 1 aromatic carbocycles. The van der Waals surface area contributed by atoms with E-state index in [1.807, 2.05) is 6.07 Å². The summed E-state index contributed by atoms with van der Waals surface area (Å²) in [6, 6.07) is 5.26. The zero-order valence-electron chi connectivity index (χ0n) is 11.9. The predicted molar refractivity (Wildman–Crippen MR) is 79.4 cm³/mol. The number of aliphatic hydroxyl groups excluding tert-OH is 1. The molecule has 4 nitrogen and oxygen atoms in total. The molecular formula is C15H24N2O2. The molecule has 106 valence electrons. The summed E-state index contributed by atoms with van der Waals surface area (Å²) in [5, 5.41) is 13.2. The van der Waals surface area contributed by atoms with E-state index in [0.29, 0.717) is 23.7 Å². The van der Waals surface area contributed by atoms with Gasteiger partial charge in [-0.05, 0) is 31.0 Å². The molecule has 0 heterocycles. The summed E-state index contributed by atoms with van der Waals surface area (Å²) in [5.74, 6) is 0.266. The van der Waals surface area contributed by atoms with E-state index >= 15 is 0 Å². The van der Waals surface area contributed by atoms with Gasteiger partial charge in [-0.2, -0.15) is 0 Å². The van der Waals surface area contributed by atoms with Crippen molar-refractivity contribution < 1.29 is 9.90 Å². The highest BCUT2D eigenvalue weighted by Gasteiger charge is 2.15. The standard InChI is InChI=1S/C15H24N2O2/c1-4-11(5-2)15(19)9-17-12-6-7-13(10(3)18)14(16)8-12/h6-8,11,15,17,19H,4-5,9,16H2,1-3H3. The Bertz CT molecular complexity index is 428. The number of benzene rings is 1. The first-order chi connectivity index (χ1) is 8.99. The minimum absolute atomic E-state index is 0.0406. The third-order valence-electron chi connectivity index (χ3n) is 3.54. The fourth-order valence-corrected chi connectivity index (χ4v) is 2.22. The molecule has 1 atom stereocenters. The van der Waals surface area contributed by atoms with Crippen molar-refractivity contribution in [3.05, 3.63) is 23.8 Å². The van der Waals surface area contributed by atoms with Crippen molar-refractivity contribution in [1.82, 2.24) is 0 Å². The first-order valence-electron chi connectivity index (χ1n) is 6.81. The van der Waals surface area contributed by atoms with Crippen molar-refractivity contribution in [2.75, 3.05) is 17.6 Å². The fraction of sp³-hybridized carbons (Fsp3) is 0.533. The second kappa shape index (κ2) is 7.14. The van der Waals surface area contributed by atoms with Crippen molar-refractivity contribution >= 4 is 17.2 Å². The minimum Gasteiger partial charge on any atom is -0.398 e. The highest BCUT2D eigenvalue weighted by Crippen LogP contribution is 2.19. The Kier molecular flexibility index (Phi) is 5.83. The number of carbonyl (C=O) groups excluding carboxylic acids is 1. The molecule has 0 amide bonds. The zero-order valence-corrected chi connectivity index (χ0v) is 11.9. The van der Waals surface area contributed by atoms with Gasteiger partial charge in [0.15, 0.2) is 5.78 Å². The average Bonchev–Trinajstić information content (AvgIpc) is 2.37. The van der Waals surface area contributed by atoms with Gasteiger partial charge in [0.05, 0.1) is 6.10 Å². The molecule has 0 aromatic heterocycles. The van der Waals surface area contributed by atoms with Gasteiger partial charge < -0.3 is 16.2 Å². The molecule has 0 radical (unpaired) electrons. The van der Waals surface area contributed by atoms with Crippen LogP contribution in [0.15, 0.2) is 18.2 Å². The molecule has 1 rings (SSSR count). The summed E-state index contributed by atoms with van der Waals surface area (Å²) in [6.07, 6.45) is 1.55. The van der Waals surface area contributed by atoms with Gasteiger partial charge in [-0.15, -0.1) is 0 Å². The first-order valence-corrected chi connectivity index (χ1v) is 6.81. The molecule has 0 saturated heterocycles. The average molecular weight is 264 g/mol. The van der Waals surface area contributed by atoms with Crippen LogP contribution in [0.2, 0.25) is 0 Å². The highest BCUT2D eigenvalue weighted by atomic mass is 16.3. The number of rotatable bonds is 7. The molecular weight excluding hydrogens is 240 g/mol. The summed E-state index contributed by atoms with van der Waals surface area (Å²) >= 11 is 0. The number of nitrogens with two attached hydrogens (primary N) is 1. The second-order valence-corrected chi connectivity index (χ2v) is 4.88. The molecule has 0 aliphatic carbocycles. The first kappa shape index (κ1) is 15.5. The Hall–Kier alpha value is -1.55. The van der Waals surface area contributed by atoms with Gasteiger partial charge in [0.2, 0.25) is 0 Å². The van der Waals surface area contributed by atoms with Gasteiger partial charge >= 0.3 is 0 Å². The number of ketones is 1. The summed E-state index contributed by atoms with van der Waals surface area (Å²) in [5.41, 5.74) is 7.64. The van der Waals surface area contributed by atoms with Crippen LogP contribution in [-0.2, 0) is 0 Å². The Morgan fingerprint density at radius 1 is 1.37 bits per heavy atom. The lowest BCUT2D eigenvalue weighted by molar-refractivity contribution is 0.101. The number of aliphatic hydroxyl groups is 1. The molecule has 4 N–H and O–H groups in total. The second-order valence-electron chi connectivity index (χ2n) is 4.88. The summed E-state index contributed by atoms with van der Waals surface area (Å²) in [4.78, 5) is 11.3. The molecule has 0 fully saturated rings. The van der Waals surface area contributed by atoms with Crippen molar-refractivity contribution in [2.24, 2.45) is 5.92 Å². The van der Waals surface area contributed by atoms with Crippen LogP contribution in [0.25, 0.3) is 0 Å². The van der Waals surface area contributed by atoms with Gasteiger partial charge in [-0.25, -0.2) is 0 Å². The Morgan fingerprint density at radius 3 is 2.47 bits per heavy atom. The minimum atomic E-state index is -0.372. The van der Waals surface area contributed by atoms with Gasteiger partial charge in [-0.1, -0.05) is 26.7 Å². The molecule has 0 bridgehead atoms. The molecule has 0 aliphatic heterocycles. The zero-order chi connectivity index (χ0) is 14.4. The molecule has 4 heteroatoms. The molecule has 1 unspecified atom stereocenters. The van der Waals surface area contributed by atoms with Gasteiger partial charge in [0, 0.05) is 23.5 Å². The van der Waals surface area contributed by atoms with E-state index in [4.69, 9.17) is 5.73 Å². The maximum absolute atomic E-state index is 11.3. The molecule has 0 spiro atoms. The summed E-state index contributed by atoms with van der Waals surface area (Å²) in [7, 11) is 0. The van der Waals surface area contributed by atoms with Crippen molar-refractivity contribution in [3.8, 4) is 0 Å². The monoisotopic (exact) mass is 264 g/mol. The van der Waals surface area contributed by atoms with E-state index < -0.39 is 0 Å². The van der Waals surface area contributed by atoms with Crippen LogP contribution in [0.4, 0.5) is 11.4 Å². The Morgan fingerprint density at radius 2 is 2.00 bits per heavy atom. The van der Waals surface area contributed by atoms with E-state index in [1.165, 1.54) is 6.92 Å². The van der Waals surface area contributed by atoms with E-state index in [-0.39, 0.29) is 11.9 Å². The van der Waals surface area contributed by atoms with E-state index in [2.05, 4.69) is 19.2 Å². The van der Waals surface area contributed by atoms with Crippen LogP contribution in [0, 0.1) is 5.92 Å². The Labute approximate surface area is 115 Å². The normalized spacial score (nSPS) is 12.5. The predicted octanol–water partition coefficient (Wildman–Crippen LogP) is 2.68. The number of Topliss-reactive ketones (excluding diaryl/α,β-unsaturated/α-hetero) is 1. The van der Waals surface area contributed by atoms with Gasteiger partial charge in [-0.3, -0.25) is 4.79 Å². The largest absolute Gasteiger partial charge is 0.398 e. The maximum Gasteiger partial charge on any atom is 0.161 e. The van der Waals surface area contributed by atoms with Crippen molar-refractivity contribution in [3.63, 3.8) is 0 Å². The number of nitrogens with one attached hydrogen (secondary N) is 1. The number of hydrogen-bond acceptors (Lipinski definition) is 4. The van der Waals surface area contributed by atoms with Crippen LogP contribution < -0.4 is 11.1 Å². The molecule has 1 aromatic rings. The van der Waals surface area contributed by atoms with Crippen LogP contribution in [0.1, 0.15) is 44.0 Å². The third kappa shape index (κ3) is 4.24. The quantitative estimate of drug-likeness (QED) is 0.523. The van der Waals surface area contributed by atoms with Crippen LogP contribution in [-0.4, -0.2) is 23.5 Å². The maximum atomic E-state index is 11.3. The lowest BCUT2D eigenvalue weighted by Gasteiger charge is -2.21. The number of carbonyl (C=O) groups is 1. The fourth-order valence-electron chi connectivity index (χ4n) is 2.22. The van der Waals surface area contributed by atoms with Crippen LogP contribution in [0.5, 0.6) is 0 Å². The van der Waals surface area contributed by atoms with Crippen LogP contribution >= 0.6 is 0 Å². The van der Waals surface area contributed by atoms with E-state index in [1.54, 1.807) is 12.1 Å². The Balaban J connectivity index is 2.64. The van der Waals surface area contributed by atoms with Crippen molar-refractivity contribution in [1.29, 1.82) is 0 Å². The van der Waals surface area contributed by atoms with E-state index in [0.717, 1.165) is 18.5 Å². The van der Waals surface area contributed by atoms with E-state index in [9.17, 15) is 9.90 Å². The highest BCUT2D eigenvalue weighted by molar-refractivity contribution is 5.99. The summed E-state index contributed by atoms with van der Waals surface area (Å²) < 4.78 is 0. The smallest absolute Gasteiger partial charge is 0.161 e.